The topological polar surface area (TPSA) is 95.9 Å². The molecule has 2 bridgehead atoms. The van der Waals surface area contributed by atoms with Crippen molar-refractivity contribution in [2.75, 3.05) is 18.5 Å². The Bertz CT molecular complexity index is 894. The highest BCUT2D eigenvalue weighted by Gasteiger charge is 2.74. The molecule has 2 unspecified atom stereocenters. The van der Waals surface area contributed by atoms with E-state index in [1.807, 2.05) is 6.92 Å². The lowest BCUT2D eigenvalue weighted by atomic mass is 9.71. The van der Waals surface area contributed by atoms with Crippen molar-refractivity contribution >= 4 is 46.8 Å². The summed E-state index contributed by atoms with van der Waals surface area (Å²) in [6, 6.07) is 5.64. The van der Waals surface area contributed by atoms with E-state index in [9.17, 15) is 19.5 Å². The van der Waals surface area contributed by atoms with Crippen molar-refractivity contribution < 1.29 is 24.2 Å². The van der Waals surface area contributed by atoms with Gasteiger partial charge in [-0.3, -0.25) is 14.4 Å². The fourth-order valence-corrected chi connectivity index (χ4v) is 7.84. The quantitative estimate of drug-likeness (QED) is 0.600. The molecule has 2 N–H and O–H groups in total. The van der Waals surface area contributed by atoms with Crippen LogP contribution >= 0.6 is 23.4 Å². The summed E-state index contributed by atoms with van der Waals surface area (Å²) >= 11 is 7.81. The largest absolute Gasteiger partial charge is 0.466 e. The minimum Gasteiger partial charge on any atom is -0.466 e. The number of carbonyl (C=O) groups is 3. The normalized spacial score (nSPS) is 32.1. The molecule has 3 aliphatic heterocycles. The molecule has 7 nitrogen and oxygen atoms in total. The second-order valence-electron chi connectivity index (χ2n) is 8.27. The van der Waals surface area contributed by atoms with E-state index in [0.29, 0.717) is 23.6 Å². The molecule has 0 saturated carbocycles. The maximum absolute atomic E-state index is 13.7. The average Bonchev–Trinajstić information content (AvgIpc) is 3.39. The Morgan fingerprint density at radius 2 is 2.13 bits per heavy atom. The lowest BCUT2D eigenvalue weighted by molar-refractivity contribution is -0.154. The number of rotatable bonds is 7. The number of halogens is 1. The van der Waals surface area contributed by atoms with Crippen LogP contribution in [0.2, 0.25) is 5.02 Å². The lowest BCUT2D eigenvalue weighted by Gasteiger charge is -2.36. The summed E-state index contributed by atoms with van der Waals surface area (Å²) in [6.07, 6.45) is 1.91. The van der Waals surface area contributed by atoms with Crippen molar-refractivity contribution in [2.45, 2.75) is 55.2 Å². The van der Waals surface area contributed by atoms with E-state index < -0.39 is 28.7 Å². The zero-order valence-electron chi connectivity index (χ0n) is 17.5. The van der Waals surface area contributed by atoms with Crippen molar-refractivity contribution in [3.63, 3.8) is 0 Å². The number of fused-ring (bicyclic) bond motifs is 1. The molecular formula is C22H27ClN2O5S. The molecule has 6 atom stereocenters. The first kappa shape index (κ1) is 22.4. The summed E-state index contributed by atoms with van der Waals surface area (Å²) in [5.74, 6) is -2.15. The first-order valence-corrected chi connectivity index (χ1v) is 12.0. The van der Waals surface area contributed by atoms with E-state index in [0.717, 1.165) is 6.42 Å². The number of thioether (sulfide) groups is 1. The maximum atomic E-state index is 13.7. The summed E-state index contributed by atoms with van der Waals surface area (Å²) in [6.45, 7) is 3.61. The Balaban J connectivity index is 1.74. The van der Waals surface area contributed by atoms with Gasteiger partial charge in [0.05, 0.1) is 46.5 Å². The highest BCUT2D eigenvalue weighted by Crippen LogP contribution is 2.66. The van der Waals surface area contributed by atoms with Crippen LogP contribution in [0.15, 0.2) is 24.3 Å². The van der Waals surface area contributed by atoms with Gasteiger partial charge in [0, 0.05) is 5.25 Å². The predicted octanol–water partition coefficient (Wildman–Crippen LogP) is 2.70. The number of nitrogens with zero attached hydrogens (tertiary/aromatic N) is 1. The Kier molecular flexibility index (Phi) is 6.25. The van der Waals surface area contributed by atoms with Crippen LogP contribution in [0.5, 0.6) is 0 Å². The zero-order chi connectivity index (χ0) is 22.3. The van der Waals surface area contributed by atoms with Gasteiger partial charge in [-0.2, -0.15) is 0 Å². The Morgan fingerprint density at radius 3 is 2.77 bits per heavy atom. The zero-order valence-corrected chi connectivity index (χ0v) is 19.1. The van der Waals surface area contributed by atoms with Gasteiger partial charge in [-0.25, -0.2) is 0 Å². The van der Waals surface area contributed by atoms with E-state index in [-0.39, 0.29) is 36.2 Å². The van der Waals surface area contributed by atoms with Gasteiger partial charge in [-0.05, 0) is 38.3 Å². The maximum Gasteiger partial charge on any atom is 0.310 e. The number of carbonyl (C=O) groups excluding carboxylic acids is 3. The molecule has 1 aromatic rings. The molecule has 4 rings (SSSR count). The molecule has 1 aromatic carbocycles. The molecule has 0 radical (unpaired) electrons. The molecule has 3 saturated heterocycles. The van der Waals surface area contributed by atoms with Gasteiger partial charge in [-0.15, -0.1) is 11.8 Å². The van der Waals surface area contributed by atoms with E-state index in [1.54, 1.807) is 43.0 Å². The van der Waals surface area contributed by atoms with Gasteiger partial charge in [0.2, 0.25) is 11.8 Å². The van der Waals surface area contributed by atoms with Gasteiger partial charge in [0.15, 0.2) is 0 Å². The number of aliphatic hydroxyl groups is 1. The van der Waals surface area contributed by atoms with Crippen LogP contribution in [0.25, 0.3) is 0 Å². The van der Waals surface area contributed by atoms with Crippen LogP contribution in [0.1, 0.15) is 33.1 Å². The first-order valence-electron chi connectivity index (χ1n) is 10.7. The van der Waals surface area contributed by atoms with Crippen LogP contribution in [0.3, 0.4) is 0 Å². The third-order valence-electron chi connectivity index (χ3n) is 6.75. The van der Waals surface area contributed by atoms with E-state index >= 15 is 0 Å². The van der Waals surface area contributed by atoms with Crippen LogP contribution in [-0.2, 0) is 19.1 Å². The van der Waals surface area contributed by atoms with E-state index in [2.05, 4.69) is 5.32 Å². The van der Waals surface area contributed by atoms with Crippen molar-refractivity contribution in [3.8, 4) is 0 Å². The van der Waals surface area contributed by atoms with Crippen molar-refractivity contribution in [1.29, 1.82) is 0 Å². The Morgan fingerprint density at radius 1 is 1.39 bits per heavy atom. The lowest BCUT2D eigenvalue weighted by Crippen LogP contribution is -2.54. The molecule has 1 spiro atoms. The monoisotopic (exact) mass is 466 g/mol. The number of nitrogens with one attached hydrogen (secondary N) is 1. The predicted molar refractivity (Wildman–Crippen MR) is 119 cm³/mol. The molecule has 31 heavy (non-hydrogen) atoms. The highest BCUT2D eigenvalue weighted by atomic mass is 35.5. The highest BCUT2D eigenvalue weighted by molar-refractivity contribution is 8.02. The number of hydrogen-bond donors (Lipinski definition) is 2. The number of ether oxygens (including phenoxy) is 1. The average molecular weight is 467 g/mol. The Hall–Kier alpha value is -1.77. The number of aliphatic hydroxyl groups excluding tert-OH is 1. The summed E-state index contributed by atoms with van der Waals surface area (Å²) < 4.78 is 4.58. The van der Waals surface area contributed by atoms with Gasteiger partial charge in [0.25, 0.3) is 0 Å². The molecule has 168 valence electrons. The van der Waals surface area contributed by atoms with Crippen LogP contribution < -0.4 is 5.32 Å². The molecular weight excluding hydrogens is 440 g/mol. The Labute approximate surface area is 190 Å². The fourth-order valence-electron chi connectivity index (χ4n) is 5.47. The van der Waals surface area contributed by atoms with Crippen LogP contribution in [0, 0.1) is 11.8 Å². The number of hydrogen-bond acceptors (Lipinski definition) is 6. The second kappa shape index (κ2) is 8.64. The molecule has 0 aromatic heterocycles. The van der Waals surface area contributed by atoms with Crippen LogP contribution in [0.4, 0.5) is 5.69 Å². The summed E-state index contributed by atoms with van der Waals surface area (Å²) in [7, 11) is 0. The fraction of sp³-hybridized carbons (Fsp3) is 0.591. The third kappa shape index (κ3) is 3.43. The first-order chi connectivity index (χ1) is 14.9. The number of anilines is 1. The summed E-state index contributed by atoms with van der Waals surface area (Å²) in [5.41, 5.74) is 0.470. The van der Waals surface area contributed by atoms with E-state index in [1.165, 1.54) is 4.90 Å². The molecule has 3 fully saturated rings. The number of esters is 1. The van der Waals surface area contributed by atoms with Crippen molar-refractivity contribution in [3.05, 3.63) is 29.3 Å². The standard InChI is InChI=1S/C22H27ClN2O5S/c1-3-12(11-26)25-18(19(27)24-14-8-6-5-7-13(14)23)22-10-9-15(31-22)16(17(22)20(25)28)21(29)30-4-2/h5-8,12,15-18,26H,3-4,9-11H2,1-2H3,(H,24,27)/t12-,15+,16-,17-,18?,22?/m0/s1. The smallest absolute Gasteiger partial charge is 0.310 e. The van der Waals surface area contributed by atoms with Gasteiger partial charge >= 0.3 is 5.97 Å². The minimum atomic E-state index is -0.798. The molecule has 9 heteroatoms. The van der Waals surface area contributed by atoms with Crippen molar-refractivity contribution in [2.24, 2.45) is 11.8 Å². The summed E-state index contributed by atoms with van der Waals surface area (Å²) in [5, 5.41) is 13.2. The second-order valence-corrected chi connectivity index (χ2v) is 10.3. The summed E-state index contributed by atoms with van der Waals surface area (Å²) in [4.78, 5) is 41.6. The number of amides is 2. The minimum absolute atomic E-state index is 0.0417. The molecule has 0 aliphatic carbocycles. The number of likely N-dealkylation sites (tertiary alicyclic amines) is 1. The molecule has 3 aliphatic rings. The number of benzene rings is 1. The molecule has 2 amide bonds. The van der Waals surface area contributed by atoms with Gasteiger partial charge in [-0.1, -0.05) is 30.7 Å². The van der Waals surface area contributed by atoms with E-state index in [4.69, 9.17) is 16.3 Å². The van der Waals surface area contributed by atoms with Crippen molar-refractivity contribution in [1.82, 2.24) is 4.90 Å². The molecule has 3 heterocycles. The van der Waals surface area contributed by atoms with Gasteiger partial charge < -0.3 is 20.1 Å². The third-order valence-corrected chi connectivity index (χ3v) is 9.03. The number of para-hydroxylation sites is 1. The van der Waals surface area contributed by atoms with Crippen LogP contribution in [-0.4, -0.2) is 63.1 Å². The SMILES string of the molecule is CCOC(=O)[C@@H]1[C@H]2C(=O)N([C@@H](CC)CO)C(C(=O)Nc3ccccc3Cl)C23CC[C@H]1S3. The van der Waals surface area contributed by atoms with Gasteiger partial charge in [0.1, 0.15) is 6.04 Å².